The number of hydrazine groups is 1. The average Bonchev–Trinajstić information content (AvgIpc) is 3.46. The van der Waals surface area contributed by atoms with E-state index in [-0.39, 0.29) is 44.7 Å². The molecule has 2 amide bonds. The fraction of sp³-hybridized carbons (Fsp3) is 0.545. The van der Waals surface area contributed by atoms with E-state index in [9.17, 15) is 39.6 Å². The van der Waals surface area contributed by atoms with Crippen LogP contribution < -0.4 is 14.8 Å². The van der Waals surface area contributed by atoms with Crippen LogP contribution in [0.2, 0.25) is 0 Å². The largest absolute Gasteiger partial charge is 0.507 e. The van der Waals surface area contributed by atoms with Crippen LogP contribution in [0.15, 0.2) is 42.2 Å². The van der Waals surface area contributed by atoms with Gasteiger partial charge in [-0.2, -0.15) is 0 Å². The number of allylic oxidation sites excluding steroid dienone is 2. The number of aliphatic hydroxyl groups is 2. The molecule has 0 saturated carbocycles. The van der Waals surface area contributed by atoms with Gasteiger partial charge in [0.1, 0.15) is 23.4 Å². The van der Waals surface area contributed by atoms with Crippen molar-refractivity contribution < 1.29 is 63.3 Å². The lowest BCUT2D eigenvalue weighted by Gasteiger charge is -2.38. The van der Waals surface area contributed by atoms with Gasteiger partial charge in [-0.05, 0) is 26.3 Å². The Hall–Kier alpha value is -5.16. The molecule has 16 heteroatoms. The number of aliphatic hydroxyl groups excluding tert-OH is 2. The van der Waals surface area contributed by atoms with E-state index < -0.39 is 95.5 Å². The molecule has 3 aliphatic heterocycles. The molecule has 9 unspecified atom stereocenters. The zero-order valence-electron chi connectivity index (χ0n) is 36.6. The third-order valence-corrected chi connectivity index (χ3v) is 11.4. The quantitative estimate of drug-likeness (QED) is 0.132. The van der Waals surface area contributed by atoms with Crippen LogP contribution in [-0.4, -0.2) is 119 Å². The minimum Gasteiger partial charge on any atom is -0.507 e. The summed E-state index contributed by atoms with van der Waals surface area (Å²) in [4.78, 5) is 53.9. The van der Waals surface area contributed by atoms with Crippen LogP contribution in [0, 0.1) is 30.6 Å². The van der Waals surface area contributed by atoms with Crippen LogP contribution >= 0.6 is 0 Å². The van der Waals surface area contributed by atoms with Crippen molar-refractivity contribution in [1.82, 2.24) is 10.0 Å². The topological polar surface area (TPSA) is 214 Å². The van der Waals surface area contributed by atoms with E-state index in [0.717, 1.165) is 0 Å². The van der Waals surface area contributed by atoms with Gasteiger partial charge in [-0.3, -0.25) is 24.2 Å². The zero-order chi connectivity index (χ0) is 45.0. The summed E-state index contributed by atoms with van der Waals surface area (Å²) in [6.45, 7) is 14.3. The van der Waals surface area contributed by atoms with E-state index in [0.29, 0.717) is 13.0 Å². The maximum atomic E-state index is 14.5. The lowest BCUT2D eigenvalue weighted by molar-refractivity contribution is -0.160. The number of aromatic hydroxyl groups is 2. The lowest BCUT2D eigenvalue weighted by atomic mass is 9.78. The maximum absolute atomic E-state index is 14.5. The first-order valence-corrected chi connectivity index (χ1v) is 20.1. The van der Waals surface area contributed by atoms with Crippen LogP contribution in [0.3, 0.4) is 0 Å². The molecule has 0 saturated heterocycles. The third kappa shape index (κ3) is 9.72. The second-order valence-electron chi connectivity index (χ2n) is 16.1. The first-order valence-electron chi connectivity index (χ1n) is 20.1. The van der Waals surface area contributed by atoms with Crippen LogP contribution in [-0.2, 0) is 28.6 Å². The molecule has 0 spiro atoms. The number of ketones is 1. The summed E-state index contributed by atoms with van der Waals surface area (Å²) >= 11 is 0. The first-order chi connectivity index (χ1) is 28.1. The summed E-state index contributed by atoms with van der Waals surface area (Å²) < 4.78 is 29.8. The van der Waals surface area contributed by atoms with Crippen molar-refractivity contribution in [2.45, 2.75) is 98.9 Å². The van der Waals surface area contributed by atoms with Gasteiger partial charge in [0.2, 0.25) is 0 Å². The summed E-state index contributed by atoms with van der Waals surface area (Å²) in [5.41, 5.74) is -0.0377. The van der Waals surface area contributed by atoms with E-state index in [1.807, 2.05) is 6.92 Å². The van der Waals surface area contributed by atoms with Crippen molar-refractivity contribution in [3.05, 3.63) is 53.3 Å². The molecule has 0 aliphatic carbocycles. The van der Waals surface area contributed by atoms with Crippen molar-refractivity contribution in [2.24, 2.45) is 23.7 Å². The Kier molecular flexibility index (Phi) is 15.4. The number of carbonyl (C=O) groups is 4. The molecule has 9 atom stereocenters. The molecule has 5 N–H and O–H groups in total. The number of fused-ring (bicyclic) bond motifs is 14. The van der Waals surface area contributed by atoms with Gasteiger partial charge >= 0.3 is 11.8 Å². The number of hydrogen-bond acceptors (Lipinski definition) is 14. The molecule has 0 fully saturated rings. The molecule has 16 nitrogen and oxygen atoms in total. The molecule has 0 radical (unpaired) electrons. The Morgan fingerprint density at radius 1 is 0.967 bits per heavy atom. The summed E-state index contributed by atoms with van der Waals surface area (Å²) in [6.07, 6.45) is 4.23. The average molecular weight is 840 g/mol. The summed E-state index contributed by atoms with van der Waals surface area (Å²) in [5.74, 6) is -8.16. The van der Waals surface area contributed by atoms with Crippen molar-refractivity contribution >= 4 is 40.0 Å². The minimum absolute atomic E-state index is 0.0646. The highest BCUT2D eigenvalue weighted by Crippen LogP contribution is 2.54. The normalized spacial score (nSPS) is 29.6. The summed E-state index contributed by atoms with van der Waals surface area (Å²) in [5, 5.41) is 51.6. The fourth-order valence-corrected chi connectivity index (χ4v) is 7.72. The third-order valence-electron chi connectivity index (χ3n) is 11.4. The Balaban J connectivity index is 1.94. The van der Waals surface area contributed by atoms with E-state index in [4.69, 9.17) is 23.7 Å². The number of ether oxygens (including phenoxy) is 5. The molecule has 2 aromatic carbocycles. The van der Waals surface area contributed by atoms with Crippen LogP contribution in [0.1, 0.15) is 77.7 Å². The van der Waals surface area contributed by atoms with Gasteiger partial charge in [0.25, 0.3) is 17.6 Å². The second kappa shape index (κ2) is 19.5. The Bertz CT molecular complexity index is 2040. The van der Waals surface area contributed by atoms with Crippen molar-refractivity contribution in [1.29, 1.82) is 0 Å². The smallest absolute Gasteiger partial charge is 0.312 e. The lowest BCUT2D eigenvalue weighted by Crippen LogP contribution is -2.46. The molecule has 3 aliphatic rings. The van der Waals surface area contributed by atoms with Gasteiger partial charge in [0, 0.05) is 87.9 Å². The van der Waals surface area contributed by atoms with E-state index in [1.54, 1.807) is 59.0 Å². The highest BCUT2D eigenvalue weighted by Gasteiger charge is 2.50. The highest BCUT2D eigenvalue weighted by molar-refractivity contribution is 6.21. The van der Waals surface area contributed by atoms with E-state index >= 15 is 0 Å². The number of hydrogen-bond donors (Lipinski definition) is 5. The van der Waals surface area contributed by atoms with Crippen LogP contribution in [0.4, 0.5) is 5.69 Å². The van der Waals surface area contributed by atoms with Gasteiger partial charge in [0.15, 0.2) is 12.4 Å². The maximum Gasteiger partial charge on any atom is 0.312 e. The Labute approximate surface area is 351 Å². The van der Waals surface area contributed by atoms with Crippen molar-refractivity contribution in [3.8, 4) is 23.0 Å². The molecular formula is C44H61N3O13. The number of amides is 2. The number of esters is 1. The molecule has 330 valence electrons. The van der Waals surface area contributed by atoms with Crippen LogP contribution in [0.25, 0.3) is 10.8 Å². The first kappa shape index (κ1) is 47.5. The number of carbonyl (C=O) groups excluding carboxylic acids is 4. The van der Waals surface area contributed by atoms with Gasteiger partial charge in [0.05, 0.1) is 41.2 Å². The van der Waals surface area contributed by atoms with Crippen molar-refractivity contribution in [3.63, 3.8) is 0 Å². The number of Topliss-reactive ketones (excluding diaryl/α,β-unsaturated/α-hetero) is 1. The van der Waals surface area contributed by atoms with Gasteiger partial charge < -0.3 is 49.4 Å². The summed E-state index contributed by atoms with van der Waals surface area (Å²) in [7, 11) is 4.85. The van der Waals surface area contributed by atoms with E-state index in [1.165, 1.54) is 64.3 Å². The predicted molar refractivity (Wildman–Crippen MR) is 223 cm³/mol. The molecule has 3 heterocycles. The van der Waals surface area contributed by atoms with Gasteiger partial charge in [-0.1, -0.05) is 52.8 Å². The highest BCUT2D eigenvalue weighted by atomic mass is 16.7. The number of methoxy groups -OCH3 is 1. The Morgan fingerprint density at radius 2 is 1.63 bits per heavy atom. The van der Waals surface area contributed by atoms with Gasteiger partial charge in [-0.25, -0.2) is 5.01 Å². The van der Waals surface area contributed by atoms with Crippen LogP contribution in [0.5, 0.6) is 23.0 Å². The number of anilines is 1. The monoisotopic (exact) mass is 839 g/mol. The van der Waals surface area contributed by atoms with E-state index in [2.05, 4.69) is 5.32 Å². The van der Waals surface area contributed by atoms with Gasteiger partial charge in [-0.15, -0.1) is 0 Å². The number of phenolic OH excluding ortho intramolecular Hbond substituents is 2. The second-order valence-corrected chi connectivity index (χ2v) is 16.1. The predicted octanol–water partition coefficient (Wildman–Crippen LogP) is 5.14. The molecule has 5 rings (SSSR count). The SMILES string of the molecule is CCCN(C(=O)COc1cc2c(O)c3c(O)c(C)c4c(c13)C(=O)C(C)(O/C=C\C(OC)C(C)C(OC(C)=O)C(C)C(O)C(C)C(O)C(C)/C=C\C=C(/C)C(=O)N2)O4)N(C)C. The number of benzene rings is 2. The molecule has 5 bridgehead atoms. The number of nitrogens with one attached hydrogen (secondary N) is 1. The molecule has 60 heavy (non-hydrogen) atoms. The number of rotatable bonds is 8. The minimum atomic E-state index is -2.03. The zero-order valence-corrected chi connectivity index (χ0v) is 36.6. The number of phenols is 2. The Morgan fingerprint density at radius 3 is 2.23 bits per heavy atom. The molecule has 2 aromatic rings. The fourth-order valence-electron chi connectivity index (χ4n) is 7.72. The summed E-state index contributed by atoms with van der Waals surface area (Å²) in [6, 6.07) is 1.26. The standard InChI is InChI=1S/C44H61N3O13/c1-13-18-47(46(10)11)32(49)21-57-31-20-29-39(53)34-33(31)35-41(27(7)38(34)52)60-44(9,42(35)54)58-19-17-30(56-12)24(4)40(59-28(8)48)26(6)37(51)25(5)36(50)22(2)15-14-16-23(3)43(55)45-29/h14-17,19-20,22,24-26,30,36-37,40,50-53H,13,18,21H2,1-12H3,(H,45,55)/b15-14-,19-17-,23-16+. The molecule has 0 aromatic heterocycles. The van der Waals surface area contributed by atoms with Crippen molar-refractivity contribution in [2.75, 3.05) is 39.7 Å². The number of nitrogens with zero attached hydrogens (tertiary/aromatic N) is 2. The molecular weight excluding hydrogens is 778 g/mol.